The number of amides is 1. The Bertz CT molecular complexity index is 1780. The molecule has 4 unspecified atom stereocenters. The number of hydrogen-bond acceptors (Lipinski definition) is 12. The van der Waals surface area contributed by atoms with Crippen molar-refractivity contribution in [2.45, 2.75) is 31.5 Å². The minimum atomic E-state index is -5.14. The van der Waals surface area contributed by atoms with Crippen molar-refractivity contribution in [3.05, 3.63) is 82.4 Å². The number of carbonyl (C=O) groups excluding carboxylic acids is 1. The van der Waals surface area contributed by atoms with E-state index >= 15 is 0 Å². The molecule has 1 aliphatic rings. The number of nitro groups is 1. The van der Waals surface area contributed by atoms with Gasteiger partial charge in [0, 0.05) is 37.5 Å². The number of phosphoric acid groups is 1. The van der Waals surface area contributed by atoms with E-state index < -0.39 is 43.2 Å². The molecule has 0 aliphatic carbocycles. The SMILES string of the molecule is CCN(CCNC(=O)C1OC(n2cnc3c(N)ncnc32)C(O)C1OP(=O)(O)O)c1ccc(/C=C/c2ccc([N+](=O)[O-])cc2)cc1. The molecule has 4 atom stereocenters. The first-order chi connectivity index (χ1) is 21.9. The molecule has 4 aromatic rings. The second kappa shape index (κ2) is 13.7. The predicted octanol–water partition coefficient (Wildman–Crippen LogP) is 1.87. The molecule has 0 saturated carbocycles. The number of likely N-dealkylation sites (N-methyl/N-ethyl adjacent to an activating group) is 1. The number of carbonyl (C=O) groups is 1. The number of nitro benzene ring substituents is 1. The van der Waals surface area contributed by atoms with E-state index in [2.05, 4.69) is 20.3 Å². The Morgan fingerprint density at radius 2 is 1.80 bits per heavy atom. The van der Waals surface area contributed by atoms with E-state index in [0.717, 1.165) is 16.8 Å². The maximum absolute atomic E-state index is 13.2. The lowest BCUT2D eigenvalue weighted by atomic mass is 10.1. The highest BCUT2D eigenvalue weighted by Gasteiger charge is 2.51. The maximum atomic E-state index is 13.2. The molecular formula is C28H31N8O9P. The Hall–Kier alpha value is -4.77. The van der Waals surface area contributed by atoms with E-state index in [9.17, 15) is 34.4 Å². The molecule has 17 nitrogen and oxygen atoms in total. The van der Waals surface area contributed by atoms with Gasteiger partial charge in [-0.2, -0.15) is 0 Å². The van der Waals surface area contributed by atoms with Gasteiger partial charge >= 0.3 is 7.82 Å². The number of non-ortho nitro benzene ring substituents is 1. The number of aliphatic hydroxyl groups excluding tert-OH is 1. The van der Waals surface area contributed by atoms with Crippen LogP contribution in [0.3, 0.4) is 0 Å². The van der Waals surface area contributed by atoms with Crippen LogP contribution in [0, 0.1) is 10.1 Å². The fourth-order valence-corrected chi connectivity index (χ4v) is 5.56. The number of fused-ring (bicyclic) bond motifs is 1. The smallest absolute Gasteiger partial charge is 0.386 e. The highest BCUT2D eigenvalue weighted by molar-refractivity contribution is 7.46. The van der Waals surface area contributed by atoms with Gasteiger partial charge in [-0.15, -0.1) is 0 Å². The van der Waals surface area contributed by atoms with Gasteiger partial charge in [-0.1, -0.05) is 24.3 Å². The number of aromatic nitrogens is 4. The highest BCUT2D eigenvalue weighted by atomic mass is 31.2. The third kappa shape index (κ3) is 7.37. The third-order valence-corrected chi connectivity index (χ3v) is 7.80. The second-order valence-electron chi connectivity index (χ2n) is 10.2. The largest absolute Gasteiger partial charge is 0.470 e. The Labute approximate surface area is 261 Å². The minimum absolute atomic E-state index is 0.0221. The van der Waals surface area contributed by atoms with E-state index in [1.165, 1.54) is 29.4 Å². The van der Waals surface area contributed by atoms with Gasteiger partial charge in [0.25, 0.3) is 11.6 Å². The summed E-state index contributed by atoms with van der Waals surface area (Å²) in [5.41, 5.74) is 8.86. The van der Waals surface area contributed by atoms with Crippen molar-refractivity contribution in [1.82, 2.24) is 24.8 Å². The number of rotatable bonds is 12. The van der Waals surface area contributed by atoms with E-state index in [1.54, 1.807) is 12.1 Å². The lowest BCUT2D eigenvalue weighted by Gasteiger charge is -2.24. The first-order valence-corrected chi connectivity index (χ1v) is 15.5. The van der Waals surface area contributed by atoms with E-state index in [-0.39, 0.29) is 29.2 Å². The Kier molecular flexibility index (Phi) is 9.71. The summed E-state index contributed by atoms with van der Waals surface area (Å²) in [5.74, 6) is -0.677. The molecule has 2 aromatic heterocycles. The molecule has 2 aromatic carbocycles. The molecular weight excluding hydrogens is 623 g/mol. The van der Waals surface area contributed by atoms with E-state index in [4.69, 9.17) is 15.0 Å². The Morgan fingerprint density at radius 3 is 2.41 bits per heavy atom. The van der Waals surface area contributed by atoms with Gasteiger partial charge in [-0.25, -0.2) is 19.5 Å². The summed E-state index contributed by atoms with van der Waals surface area (Å²) in [5, 5.41) is 24.5. The maximum Gasteiger partial charge on any atom is 0.470 e. The zero-order valence-corrected chi connectivity index (χ0v) is 25.3. The summed E-state index contributed by atoms with van der Waals surface area (Å²) in [6.45, 7) is 3.07. The monoisotopic (exact) mass is 654 g/mol. The number of hydrogen-bond donors (Lipinski definition) is 5. The Morgan fingerprint density at radius 1 is 1.15 bits per heavy atom. The lowest BCUT2D eigenvalue weighted by Crippen LogP contribution is -2.45. The molecule has 5 rings (SSSR count). The number of imidazole rings is 1. The number of benzene rings is 2. The topological polar surface area (TPSA) is 241 Å². The molecule has 46 heavy (non-hydrogen) atoms. The summed E-state index contributed by atoms with van der Waals surface area (Å²) in [4.78, 5) is 56.6. The normalized spacial score (nSPS) is 19.9. The average molecular weight is 655 g/mol. The highest BCUT2D eigenvalue weighted by Crippen LogP contribution is 2.44. The number of phosphoric ester groups is 1. The molecule has 18 heteroatoms. The number of ether oxygens (including phenoxy) is 1. The second-order valence-corrected chi connectivity index (χ2v) is 11.4. The van der Waals surface area contributed by atoms with Crippen molar-refractivity contribution in [3.63, 3.8) is 0 Å². The van der Waals surface area contributed by atoms with Crippen LogP contribution >= 0.6 is 7.82 Å². The number of nitrogens with zero attached hydrogens (tertiary/aromatic N) is 6. The number of aliphatic hydroxyl groups is 1. The van der Waals surface area contributed by atoms with Gasteiger partial charge in [0.15, 0.2) is 23.8 Å². The summed E-state index contributed by atoms with van der Waals surface area (Å²) >= 11 is 0. The molecule has 1 aliphatic heterocycles. The fraction of sp³-hybridized carbons (Fsp3) is 0.286. The number of nitrogen functional groups attached to an aromatic ring is 1. The molecule has 0 radical (unpaired) electrons. The van der Waals surface area contributed by atoms with Gasteiger partial charge in [-0.3, -0.25) is 24.0 Å². The van der Waals surface area contributed by atoms with Gasteiger partial charge in [-0.05, 0) is 42.3 Å². The van der Waals surface area contributed by atoms with Gasteiger partial charge in [0.2, 0.25) is 0 Å². The van der Waals surface area contributed by atoms with Crippen LogP contribution in [0.15, 0.2) is 61.2 Å². The van der Waals surface area contributed by atoms with Crippen LogP contribution in [0.4, 0.5) is 17.2 Å². The summed E-state index contributed by atoms with van der Waals surface area (Å²) in [6.07, 6.45) is -0.137. The van der Waals surface area contributed by atoms with Crippen LogP contribution in [0.1, 0.15) is 24.3 Å². The zero-order chi connectivity index (χ0) is 33.0. The van der Waals surface area contributed by atoms with Crippen molar-refractivity contribution >= 4 is 54.2 Å². The summed E-state index contributed by atoms with van der Waals surface area (Å²) in [6, 6.07) is 13.9. The van der Waals surface area contributed by atoms with Crippen LogP contribution in [-0.2, 0) is 18.6 Å². The predicted molar refractivity (Wildman–Crippen MR) is 166 cm³/mol. The van der Waals surface area contributed by atoms with Gasteiger partial charge in [0.05, 0.1) is 11.3 Å². The molecule has 1 amide bonds. The molecule has 3 heterocycles. The van der Waals surface area contributed by atoms with E-state index in [0.29, 0.717) is 13.1 Å². The summed E-state index contributed by atoms with van der Waals surface area (Å²) < 4.78 is 23.6. The first-order valence-electron chi connectivity index (χ1n) is 14.0. The molecule has 1 fully saturated rings. The summed E-state index contributed by atoms with van der Waals surface area (Å²) in [7, 11) is -5.14. The average Bonchev–Trinajstić information content (AvgIpc) is 3.59. The van der Waals surface area contributed by atoms with Crippen LogP contribution in [-0.4, -0.2) is 83.2 Å². The quantitative estimate of drug-likeness (QED) is 0.0634. The van der Waals surface area contributed by atoms with Crippen molar-refractivity contribution < 1.29 is 38.4 Å². The Balaban J connectivity index is 1.22. The van der Waals surface area contributed by atoms with E-state index in [1.807, 2.05) is 48.2 Å². The lowest BCUT2D eigenvalue weighted by molar-refractivity contribution is -0.384. The first kappa shape index (κ1) is 32.6. The van der Waals surface area contributed by atoms with Gasteiger partial charge < -0.3 is 35.6 Å². The molecule has 0 spiro atoms. The zero-order valence-electron chi connectivity index (χ0n) is 24.4. The van der Waals surface area contributed by atoms with Crippen molar-refractivity contribution in [3.8, 4) is 0 Å². The number of nitrogens with one attached hydrogen (secondary N) is 1. The molecule has 0 bridgehead atoms. The van der Waals surface area contributed by atoms with Gasteiger partial charge in [0.1, 0.15) is 24.1 Å². The molecule has 242 valence electrons. The minimum Gasteiger partial charge on any atom is -0.386 e. The van der Waals surface area contributed by atoms with Crippen LogP contribution in [0.2, 0.25) is 0 Å². The van der Waals surface area contributed by atoms with Crippen molar-refractivity contribution in [1.29, 1.82) is 0 Å². The number of anilines is 2. The number of nitrogens with two attached hydrogens (primary N) is 1. The van der Waals surface area contributed by atoms with Crippen LogP contribution < -0.4 is 16.0 Å². The molecule has 6 N–H and O–H groups in total. The fourth-order valence-electron chi connectivity index (χ4n) is 5.00. The van der Waals surface area contributed by atoms with Crippen LogP contribution in [0.25, 0.3) is 23.3 Å². The van der Waals surface area contributed by atoms with Crippen LogP contribution in [0.5, 0.6) is 0 Å². The molecule has 1 saturated heterocycles. The van der Waals surface area contributed by atoms with Crippen molar-refractivity contribution in [2.75, 3.05) is 30.3 Å². The standard InChI is InChI=1S/C28H31N8O9P/c1-2-34(19-9-5-17(6-10-19)3-4-18-7-11-20(12-8-18)36(39)40)14-13-30-27(38)24-23(45-46(41,42)43)22(37)28(44-24)35-16-33-21-25(29)31-15-32-26(21)35/h3-12,15-16,22-24,28,37H,2,13-14H2,1H3,(H,30,38)(H2,29,31,32)(H2,41,42,43)/b4-3+. The third-order valence-electron chi connectivity index (χ3n) is 7.28. The van der Waals surface area contributed by atoms with Crippen molar-refractivity contribution in [2.24, 2.45) is 0 Å².